The van der Waals surface area contributed by atoms with Gasteiger partial charge in [0.1, 0.15) is 5.01 Å². The van der Waals surface area contributed by atoms with E-state index in [2.05, 4.69) is 27.2 Å². The number of fused-ring (bicyclic) bond motifs is 1. The van der Waals surface area contributed by atoms with Crippen LogP contribution in [0.3, 0.4) is 0 Å². The molecule has 0 saturated heterocycles. The van der Waals surface area contributed by atoms with Crippen molar-refractivity contribution in [2.75, 3.05) is 0 Å². The van der Waals surface area contributed by atoms with Crippen LogP contribution in [-0.4, -0.2) is 24.8 Å². The first-order chi connectivity index (χ1) is 9.62. The quantitative estimate of drug-likeness (QED) is 0.796. The molecule has 7 heteroatoms. The van der Waals surface area contributed by atoms with Crippen LogP contribution in [0.15, 0.2) is 24.5 Å². The summed E-state index contributed by atoms with van der Waals surface area (Å²) in [5.74, 6) is 0.697. The number of hydrogen-bond donors (Lipinski definition) is 1. The molecule has 0 aromatic carbocycles. The van der Waals surface area contributed by atoms with Crippen molar-refractivity contribution < 1.29 is 0 Å². The van der Waals surface area contributed by atoms with Crippen molar-refractivity contribution in [3.8, 4) is 11.4 Å². The monoisotopic (exact) mass is 288 g/mol. The van der Waals surface area contributed by atoms with Gasteiger partial charge in [-0.2, -0.15) is 9.61 Å². The molecule has 3 aromatic rings. The minimum Gasteiger partial charge on any atom is -0.320 e. The lowest BCUT2D eigenvalue weighted by Gasteiger charge is -2.19. The maximum Gasteiger partial charge on any atom is 0.235 e. The highest BCUT2D eigenvalue weighted by Crippen LogP contribution is 2.29. The molecule has 0 amide bonds. The first kappa shape index (κ1) is 13.1. The van der Waals surface area contributed by atoms with Crippen molar-refractivity contribution >= 4 is 16.3 Å². The van der Waals surface area contributed by atoms with E-state index in [-0.39, 0.29) is 0 Å². The summed E-state index contributed by atoms with van der Waals surface area (Å²) in [7, 11) is 0. The van der Waals surface area contributed by atoms with E-state index in [1.54, 1.807) is 16.9 Å². The van der Waals surface area contributed by atoms with Crippen molar-refractivity contribution in [1.29, 1.82) is 0 Å². The third-order valence-corrected chi connectivity index (χ3v) is 4.35. The fourth-order valence-corrected chi connectivity index (χ4v) is 3.08. The molecule has 0 aliphatic heterocycles. The molecule has 0 bridgehead atoms. The van der Waals surface area contributed by atoms with Crippen LogP contribution in [0.5, 0.6) is 0 Å². The standard InChI is InChI=1S/C13H16N6S/c1-3-6-13(2,14)11-18-19-10(16-17-12(19)20-11)9-5-4-7-15-8-9/h4-5,7-8H,3,6,14H2,1-2H3. The van der Waals surface area contributed by atoms with E-state index in [9.17, 15) is 0 Å². The Hall–Kier alpha value is -1.86. The van der Waals surface area contributed by atoms with Gasteiger partial charge in [0.05, 0.1) is 5.54 Å². The van der Waals surface area contributed by atoms with Gasteiger partial charge in [-0.15, -0.1) is 10.2 Å². The molecule has 104 valence electrons. The predicted molar refractivity (Wildman–Crippen MR) is 78.3 cm³/mol. The smallest absolute Gasteiger partial charge is 0.235 e. The van der Waals surface area contributed by atoms with E-state index in [0.717, 1.165) is 28.4 Å². The average Bonchev–Trinajstić information content (AvgIpc) is 2.99. The molecule has 3 heterocycles. The van der Waals surface area contributed by atoms with Crippen LogP contribution in [0.4, 0.5) is 0 Å². The molecule has 0 aliphatic carbocycles. The Morgan fingerprint density at radius 1 is 1.40 bits per heavy atom. The van der Waals surface area contributed by atoms with Crippen LogP contribution in [0, 0.1) is 0 Å². The molecule has 1 unspecified atom stereocenters. The second kappa shape index (κ2) is 4.92. The Morgan fingerprint density at radius 2 is 2.25 bits per heavy atom. The lowest BCUT2D eigenvalue weighted by atomic mass is 9.99. The number of pyridine rings is 1. The summed E-state index contributed by atoms with van der Waals surface area (Å²) in [6, 6.07) is 3.81. The Balaban J connectivity index is 2.08. The van der Waals surface area contributed by atoms with Crippen LogP contribution < -0.4 is 5.73 Å². The summed E-state index contributed by atoms with van der Waals surface area (Å²) < 4.78 is 1.75. The lowest BCUT2D eigenvalue weighted by Crippen LogP contribution is -2.32. The van der Waals surface area contributed by atoms with E-state index in [1.807, 2.05) is 19.1 Å². The zero-order valence-electron chi connectivity index (χ0n) is 11.4. The Labute approximate surface area is 120 Å². The van der Waals surface area contributed by atoms with Gasteiger partial charge in [-0.05, 0) is 25.5 Å². The van der Waals surface area contributed by atoms with E-state index >= 15 is 0 Å². The molecule has 0 spiro atoms. The van der Waals surface area contributed by atoms with Gasteiger partial charge in [0.2, 0.25) is 4.96 Å². The van der Waals surface area contributed by atoms with E-state index in [0.29, 0.717) is 5.82 Å². The van der Waals surface area contributed by atoms with Crippen LogP contribution >= 0.6 is 11.3 Å². The van der Waals surface area contributed by atoms with Gasteiger partial charge in [-0.3, -0.25) is 4.98 Å². The highest BCUT2D eigenvalue weighted by atomic mass is 32.1. The fourth-order valence-electron chi connectivity index (χ4n) is 2.15. The molecule has 20 heavy (non-hydrogen) atoms. The van der Waals surface area contributed by atoms with Crippen molar-refractivity contribution in [2.45, 2.75) is 32.2 Å². The average molecular weight is 288 g/mol. The Kier molecular flexibility index (Phi) is 3.23. The third kappa shape index (κ3) is 2.19. The zero-order valence-corrected chi connectivity index (χ0v) is 12.3. The topological polar surface area (TPSA) is 82.0 Å². The SMILES string of the molecule is CCCC(C)(N)c1nn2c(-c3cccnc3)nnc2s1. The molecule has 2 N–H and O–H groups in total. The second-order valence-electron chi connectivity index (χ2n) is 5.03. The van der Waals surface area contributed by atoms with Gasteiger partial charge in [0.25, 0.3) is 0 Å². The fraction of sp³-hybridized carbons (Fsp3) is 0.385. The van der Waals surface area contributed by atoms with Crippen LogP contribution in [0.25, 0.3) is 16.3 Å². The van der Waals surface area contributed by atoms with Crippen LogP contribution in [-0.2, 0) is 5.54 Å². The Bertz CT molecular complexity index is 715. The van der Waals surface area contributed by atoms with E-state index in [1.165, 1.54) is 11.3 Å². The molecule has 1 atom stereocenters. The summed E-state index contributed by atoms with van der Waals surface area (Å²) in [4.78, 5) is 4.86. The summed E-state index contributed by atoms with van der Waals surface area (Å²) in [6.45, 7) is 4.12. The summed E-state index contributed by atoms with van der Waals surface area (Å²) in [6.07, 6.45) is 5.39. The first-order valence-electron chi connectivity index (χ1n) is 6.54. The van der Waals surface area contributed by atoms with Gasteiger partial charge in [0.15, 0.2) is 5.82 Å². The van der Waals surface area contributed by atoms with Crippen LogP contribution in [0.2, 0.25) is 0 Å². The normalized spacial score (nSPS) is 14.6. The largest absolute Gasteiger partial charge is 0.320 e. The van der Waals surface area contributed by atoms with Crippen molar-refractivity contribution in [3.05, 3.63) is 29.5 Å². The Morgan fingerprint density at radius 3 is 2.95 bits per heavy atom. The van der Waals surface area contributed by atoms with Crippen molar-refractivity contribution in [3.63, 3.8) is 0 Å². The number of hydrogen-bond acceptors (Lipinski definition) is 6. The lowest BCUT2D eigenvalue weighted by molar-refractivity contribution is 0.439. The number of nitrogens with zero attached hydrogens (tertiary/aromatic N) is 5. The van der Waals surface area contributed by atoms with Crippen molar-refractivity contribution in [1.82, 2.24) is 24.8 Å². The minimum absolute atomic E-state index is 0.424. The highest BCUT2D eigenvalue weighted by molar-refractivity contribution is 7.16. The molecule has 0 aliphatic rings. The summed E-state index contributed by atoms with van der Waals surface area (Å²) in [5, 5.41) is 13.8. The van der Waals surface area contributed by atoms with E-state index in [4.69, 9.17) is 5.73 Å². The van der Waals surface area contributed by atoms with E-state index < -0.39 is 5.54 Å². The molecule has 3 aromatic heterocycles. The molecule has 0 radical (unpaired) electrons. The molecular weight excluding hydrogens is 272 g/mol. The molecule has 3 rings (SSSR count). The van der Waals surface area contributed by atoms with Crippen molar-refractivity contribution in [2.24, 2.45) is 5.73 Å². The minimum atomic E-state index is -0.424. The molecule has 6 nitrogen and oxygen atoms in total. The molecular formula is C13H16N6S. The number of aromatic nitrogens is 5. The second-order valence-corrected chi connectivity index (χ2v) is 5.99. The first-order valence-corrected chi connectivity index (χ1v) is 7.35. The number of nitrogens with two attached hydrogens (primary N) is 1. The van der Waals surface area contributed by atoms with Gasteiger partial charge >= 0.3 is 0 Å². The maximum atomic E-state index is 6.33. The van der Waals surface area contributed by atoms with Gasteiger partial charge in [-0.1, -0.05) is 24.7 Å². The third-order valence-electron chi connectivity index (χ3n) is 3.17. The highest BCUT2D eigenvalue weighted by Gasteiger charge is 2.26. The van der Waals surface area contributed by atoms with Crippen LogP contribution in [0.1, 0.15) is 31.7 Å². The molecule has 0 fully saturated rings. The van der Waals surface area contributed by atoms with Gasteiger partial charge < -0.3 is 5.73 Å². The number of rotatable bonds is 4. The predicted octanol–water partition coefficient (Wildman–Crippen LogP) is 2.22. The summed E-state index contributed by atoms with van der Waals surface area (Å²) in [5.41, 5.74) is 6.80. The summed E-state index contributed by atoms with van der Waals surface area (Å²) >= 11 is 1.49. The van der Waals surface area contributed by atoms with Gasteiger partial charge in [-0.25, -0.2) is 0 Å². The van der Waals surface area contributed by atoms with Gasteiger partial charge in [0, 0.05) is 18.0 Å². The maximum absolute atomic E-state index is 6.33. The zero-order chi connectivity index (χ0) is 14.2. The molecule has 0 saturated carbocycles.